The van der Waals surface area contributed by atoms with Crippen molar-refractivity contribution in [1.29, 1.82) is 0 Å². The zero-order valence-electron chi connectivity index (χ0n) is 13.8. The Hall–Kier alpha value is -3.41. The van der Waals surface area contributed by atoms with Gasteiger partial charge in [0.25, 0.3) is 0 Å². The van der Waals surface area contributed by atoms with Gasteiger partial charge in [0.1, 0.15) is 34.0 Å². The van der Waals surface area contributed by atoms with Crippen LogP contribution in [0.1, 0.15) is 6.92 Å². The highest BCUT2D eigenvalue weighted by Gasteiger charge is 2.12. The van der Waals surface area contributed by atoms with Crippen LogP contribution in [0.3, 0.4) is 0 Å². The van der Waals surface area contributed by atoms with Crippen molar-refractivity contribution in [3.8, 4) is 28.6 Å². The van der Waals surface area contributed by atoms with Gasteiger partial charge in [0.15, 0.2) is 5.43 Å². The third-order valence-corrected chi connectivity index (χ3v) is 3.32. The van der Waals surface area contributed by atoms with Crippen LogP contribution in [0, 0.1) is 0 Å². The smallest absolute Gasteiger partial charge is 0.197 e. The van der Waals surface area contributed by atoms with E-state index in [-0.39, 0.29) is 27.9 Å². The predicted octanol–water partition coefficient (Wildman–Crippen LogP) is 3.96. The molecular formula is C19H18O6. The molecule has 0 saturated heterocycles. The molecule has 0 aliphatic rings. The summed E-state index contributed by atoms with van der Waals surface area (Å²) in [6, 6.07) is 10.7. The molecule has 3 N–H and O–H groups in total. The number of ether oxygens (including phenoxy) is 1. The normalized spacial score (nSPS) is 10.5. The molecule has 1 aromatic heterocycles. The van der Waals surface area contributed by atoms with Crippen molar-refractivity contribution in [3.63, 3.8) is 0 Å². The van der Waals surface area contributed by atoms with Crippen molar-refractivity contribution in [2.45, 2.75) is 6.92 Å². The third-order valence-electron chi connectivity index (χ3n) is 3.32. The second-order valence-corrected chi connectivity index (χ2v) is 5.02. The average molecular weight is 342 g/mol. The molecule has 2 aromatic carbocycles. The summed E-state index contributed by atoms with van der Waals surface area (Å²) in [5.74, 6) is 0.562. The van der Waals surface area contributed by atoms with Crippen molar-refractivity contribution in [2.24, 2.45) is 0 Å². The number of rotatable bonds is 2. The summed E-state index contributed by atoms with van der Waals surface area (Å²) in [7, 11) is 1.57. The van der Waals surface area contributed by atoms with Gasteiger partial charge >= 0.3 is 0 Å². The minimum atomic E-state index is -0.375. The van der Waals surface area contributed by atoms with E-state index in [4.69, 9.17) is 14.3 Å². The largest absolute Gasteiger partial charge is 0.516 e. The van der Waals surface area contributed by atoms with E-state index in [0.717, 1.165) is 12.3 Å². The second-order valence-electron chi connectivity index (χ2n) is 5.02. The Balaban J connectivity index is 0.000000511. The number of benzene rings is 2. The van der Waals surface area contributed by atoms with Gasteiger partial charge in [-0.05, 0) is 31.2 Å². The maximum atomic E-state index is 12.1. The lowest BCUT2D eigenvalue weighted by Gasteiger charge is -2.06. The number of methoxy groups -OCH3 is 1. The summed E-state index contributed by atoms with van der Waals surface area (Å²) in [5, 5.41) is 27.0. The Bertz CT molecular complexity index is 935. The van der Waals surface area contributed by atoms with Gasteiger partial charge in [-0.2, -0.15) is 0 Å². The lowest BCUT2D eigenvalue weighted by molar-refractivity contribution is 0.415. The van der Waals surface area contributed by atoms with Crippen LogP contribution in [0.25, 0.3) is 22.3 Å². The summed E-state index contributed by atoms with van der Waals surface area (Å²) >= 11 is 0. The number of hydrogen-bond acceptors (Lipinski definition) is 6. The van der Waals surface area contributed by atoms with E-state index in [2.05, 4.69) is 0 Å². The van der Waals surface area contributed by atoms with Gasteiger partial charge in [-0.1, -0.05) is 6.08 Å². The molecule has 0 unspecified atom stereocenters. The van der Waals surface area contributed by atoms with E-state index in [1.54, 1.807) is 44.4 Å². The Kier molecular flexibility index (Phi) is 5.68. The van der Waals surface area contributed by atoms with Crippen LogP contribution in [0.15, 0.2) is 64.0 Å². The number of phenolic OH excluding ortho intramolecular Hbond substituents is 2. The molecule has 130 valence electrons. The van der Waals surface area contributed by atoms with Crippen LogP contribution in [0.5, 0.6) is 17.2 Å². The van der Waals surface area contributed by atoms with Crippen LogP contribution in [-0.2, 0) is 0 Å². The molecule has 0 fully saturated rings. The SMILES string of the molecule is CC=CO.COc1ccc(-c2cc(=O)c3c(O)cc(O)cc3o2)cc1. The van der Waals surface area contributed by atoms with E-state index in [1.807, 2.05) is 0 Å². The van der Waals surface area contributed by atoms with Gasteiger partial charge < -0.3 is 24.5 Å². The quantitative estimate of drug-likeness (QED) is 0.610. The Morgan fingerprint density at radius 1 is 1.08 bits per heavy atom. The standard InChI is InChI=1S/C16H12O5.C3H6O/c1-20-11-4-2-9(3-5-11)14-8-13(19)16-12(18)6-10(17)7-15(16)21-14;1-2-3-4/h2-8,17-18H,1H3;2-4H,1H3. The van der Waals surface area contributed by atoms with Crippen LogP contribution < -0.4 is 10.2 Å². The summed E-state index contributed by atoms with van der Waals surface area (Å²) in [6.07, 6.45) is 2.56. The molecule has 3 rings (SSSR count). The fourth-order valence-corrected chi connectivity index (χ4v) is 2.15. The second kappa shape index (κ2) is 7.92. The predicted molar refractivity (Wildman–Crippen MR) is 95.2 cm³/mol. The van der Waals surface area contributed by atoms with Crippen LogP contribution in [0.2, 0.25) is 0 Å². The maximum absolute atomic E-state index is 12.1. The molecule has 0 spiro atoms. The zero-order chi connectivity index (χ0) is 18.4. The first-order chi connectivity index (χ1) is 12.0. The van der Waals surface area contributed by atoms with Crippen molar-refractivity contribution in [3.05, 3.63) is 65.0 Å². The van der Waals surface area contributed by atoms with Crippen molar-refractivity contribution in [2.75, 3.05) is 7.11 Å². The van der Waals surface area contributed by atoms with Crippen molar-refractivity contribution in [1.82, 2.24) is 0 Å². The summed E-state index contributed by atoms with van der Waals surface area (Å²) in [6.45, 7) is 1.75. The maximum Gasteiger partial charge on any atom is 0.197 e. The molecular weight excluding hydrogens is 324 g/mol. The lowest BCUT2D eigenvalue weighted by Crippen LogP contribution is -2.00. The van der Waals surface area contributed by atoms with Crippen LogP contribution in [-0.4, -0.2) is 22.4 Å². The minimum absolute atomic E-state index is 0.0464. The third kappa shape index (κ3) is 4.11. The van der Waals surface area contributed by atoms with Gasteiger partial charge in [-0.25, -0.2) is 0 Å². The monoisotopic (exact) mass is 342 g/mol. The first-order valence-corrected chi connectivity index (χ1v) is 7.39. The molecule has 25 heavy (non-hydrogen) atoms. The van der Waals surface area contributed by atoms with Crippen molar-refractivity contribution >= 4 is 11.0 Å². The highest BCUT2D eigenvalue weighted by Crippen LogP contribution is 2.30. The zero-order valence-corrected chi connectivity index (χ0v) is 13.8. The van der Waals surface area contributed by atoms with Gasteiger partial charge in [0.2, 0.25) is 0 Å². The summed E-state index contributed by atoms with van der Waals surface area (Å²) < 4.78 is 10.7. The molecule has 0 aliphatic carbocycles. The summed E-state index contributed by atoms with van der Waals surface area (Å²) in [4.78, 5) is 12.1. The van der Waals surface area contributed by atoms with E-state index in [0.29, 0.717) is 17.1 Å². The molecule has 0 aliphatic heterocycles. The number of fused-ring (bicyclic) bond motifs is 1. The van der Waals surface area contributed by atoms with E-state index in [1.165, 1.54) is 12.1 Å². The molecule has 0 atom stereocenters. The first kappa shape index (κ1) is 17.9. The van der Waals surface area contributed by atoms with Crippen LogP contribution in [0.4, 0.5) is 0 Å². The first-order valence-electron chi connectivity index (χ1n) is 7.39. The minimum Gasteiger partial charge on any atom is -0.516 e. The molecule has 0 saturated carbocycles. The molecule has 6 nitrogen and oxygen atoms in total. The number of aromatic hydroxyl groups is 2. The highest BCUT2D eigenvalue weighted by atomic mass is 16.5. The number of allylic oxidation sites excluding steroid dienone is 1. The highest BCUT2D eigenvalue weighted by molar-refractivity contribution is 5.85. The Morgan fingerprint density at radius 3 is 2.28 bits per heavy atom. The molecule has 0 bridgehead atoms. The van der Waals surface area contributed by atoms with Gasteiger partial charge in [-0.3, -0.25) is 4.79 Å². The van der Waals surface area contributed by atoms with E-state index < -0.39 is 0 Å². The van der Waals surface area contributed by atoms with E-state index >= 15 is 0 Å². The number of aliphatic hydroxyl groups excluding tert-OH is 1. The molecule has 1 heterocycles. The molecule has 0 radical (unpaired) electrons. The number of phenols is 2. The molecule has 0 amide bonds. The molecule has 6 heteroatoms. The average Bonchev–Trinajstić information content (AvgIpc) is 2.61. The van der Waals surface area contributed by atoms with Gasteiger partial charge in [0.05, 0.1) is 13.4 Å². The molecule has 3 aromatic rings. The van der Waals surface area contributed by atoms with Gasteiger partial charge in [0, 0.05) is 23.8 Å². The lowest BCUT2D eigenvalue weighted by atomic mass is 10.1. The fourth-order valence-electron chi connectivity index (χ4n) is 2.15. The van der Waals surface area contributed by atoms with Gasteiger partial charge in [-0.15, -0.1) is 0 Å². The summed E-state index contributed by atoms with van der Waals surface area (Å²) in [5.41, 5.74) is 0.447. The Labute approximate surface area is 143 Å². The van der Waals surface area contributed by atoms with Crippen molar-refractivity contribution < 1.29 is 24.5 Å². The Morgan fingerprint density at radius 2 is 1.72 bits per heavy atom. The van der Waals surface area contributed by atoms with Crippen LogP contribution >= 0.6 is 0 Å². The number of aliphatic hydroxyl groups is 1. The number of hydrogen-bond donors (Lipinski definition) is 3. The van der Waals surface area contributed by atoms with E-state index in [9.17, 15) is 15.0 Å². The fraction of sp³-hybridized carbons (Fsp3) is 0.105. The topological polar surface area (TPSA) is 100 Å².